The second-order valence-corrected chi connectivity index (χ2v) is 4.19. The van der Waals surface area contributed by atoms with Gasteiger partial charge in [-0.15, -0.1) is 11.8 Å². The molecule has 4 nitrogen and oxygen atoms in total. The predicted octanol–water partition coefficient (Wildman–Crippen LogP) is 0.0810. The van der Waals surface area contributed by atoms with Crippen LogP contribution in [0.2, 0.25) is 0 Å². The highest BCUT2D eigenvalue weighted by atomic mass is 32.2. The Bertz CT molecular complexity index is 396. The topological polar surface area (TPSA) is 66.8 Å². The van der Waals surface area contributed by atoms with Gasteiger partial charge in [0.25, 0.3) is 0 Å². The third-order valence-electron chi connectivity index (χ3n) is 2.15. The zero-order valence-corrected chi connectivity index (χ0v) is 8.66. The highest BCUT2D eigenvalue weighted by Crippen LogP contribution is 2.21. The molecule has 1 heterocycles. The molecule has 0 radical (unpaired) electrons. The largest absolute Gasteiger partial charge is 0.492 e. The number of hydrogen-bond donors (Lipinski definition) is 2. The molecule has 1 aliphatic rings. The third kappa shape index (κ3) is 2.17. The highest BCUT2D eigenvalue weighted by Gasteiger charge is 2.30. The number of carboxylic acids is 1. The van der Waals surface area contributed by atoms with Crippen LogP contribution in [0.1, 0.15) is 5.56 Å². The van der Waals surface area contributed by atoms with Crippen LogP contribution >= 0.6 is 11.8 Å². The van der Waals surface area contributed by atoms with Crippen LogP contribution in [-0.4, -0.2) is 29.0 Å². The van der Waals surface area contributed by atoms with E-state index in [9.17, 15) is 9.82 Å². The van der Waals surface area contributed by atoms with E-state index in [0.29, 0.717) is 12.1 Å². The van der Waals surface area contributed by atoms with Crippen molar-refractivity contribution >= 4 is 30.3 Å². The average Bonchev–Trinajstić information content (AvgIpc) is 2.58. The van der Waals surface area contributed by atoms with Gasteiger partial charge in [-0.3, -0.25) is 4.79 Å². The van der Waals surface area contributed by atoms with E-state index in [0.717, 1.165) is 10.5 Å². The molecule has 0 saturated heterocycles. The molecule has 1 aliphatic heterocycles. The Morgan fingerprint density at radius 2 is 2.40 bits per heavy atom. The molecule has 6 heteroatoms. The average molecular weight is 224 g/mol. The van der Waals surface area contributed by atoms with Crippen molar-refractivity contribution in [1.29, 1.82) is 0 Å². The predicted molar refractivity (Wildman–Crippen MR) is 57.2 cm³/mol. The standard InChI is InChI=1S/C9H9BO4S/c11-8(12)5-15-7-3-1-2-6-4-14-10(13)9(6)7/h1-3,13H,4-5H2,(H,11,12). The number of hydrogen-bond acceptors (Lipinski definition) is 4. The summed E-state index contributed by atoms with van der Waals surface area (Å²) >= 11 is 1.20. The molecule has 15 heavy (non-hydrogen) atoms. The van der Waals surface area contributed by atoms with Crippen molar-refractivity contribution in [3.63, 3.8) is 0 Å². The summed E-state index contributed by atoms with van der Waals surface area (Å²) in [5.41, 5.74) is 1.64. The first-order chi connectivity index (χ1) is 7.18. The third-order valence-corrected chi connectivity index (χ3v) is 3.21. The molecule has 0 saturated carbocycles. The molecule has 0 aliphatic carbocycles. The molecule has 0 aromatic heterocycles. The zero-order valence-electron chi connectivity index (χ0n) is 7.84. The quantitative estimate of drug-likeness (QED) is 0.562. The molecule has 0 amide bonds. The van der Waals surface area contributed by atoms with Crippen LogP contribution in [0, 0.1) is 0 Å². The highest BCUT2D eigenvalue weighted by molar-refractivity contribution is 8.00. The molecule has 0 unspecified atom stereocenters. The first-order valence-corrected chi connectivity index (χ1v) is 5.43. The Balaban J connectivity index is 2.24. The van der Waals surface area contributed by atoms with Gasteiger partial charge in [-0.1, -0.05) is 12.1 Å². The summed E-state index contributed by atoms with van der Waals surface area (Å²) < 4.78 is 5.07. The molecule has 0 atom stereocenters. The maximum atomic E-state index is 10.4. The zero-order chi connectivity index (χ0) is 10.8. The molecule has 0 bridgehead atoms. The number of rotatable bonds is 3. The number of carboxylic acid groups (broad SMARTS) is 1. The molecule has 1 aromatic carbocycles. The number of fused-ring (bicyclic) bond motifs is 1. The van der Waals surface area contributed by atoms with Crippen molar-refractivity contribution in [2.45, 2.75) is 11.5 Å². The molecule has 78 valence electrons. The Hall–Kier alpha value is -0.975. The Morgan fingerprint density at radius 3 is 3.13 bits per heavy atom. The minimum absolute atomic E-state index is 0.0107. The lowest BCUT2D eigenvalue weighted by Crippen LogP contribution is -2.30. The number of aliphatic carboxylic acids is 1. The molecule has 2 N–H and O–H groups in total. The molecular formula is C9H9BO4S. The second kappa shape index (κ2) is 4.26. The SMILES string of the molecule is O=C(O)CSc1cccc2c1B(O)OC2. The first kappa shape index (κ1) is 10.5. The van der Waals surface area contributed by atoms with Crippen molar-refractivity contribution < 1.29 is 19.6 Å². The monoisotopic (exact) mass is 224 g/mol. The minimum Gasteiger partial charge on any atom is -0.481 e. The Kier molecular flexibility index (Phi) is 2.99. The smallest absolute Gasteiger partial charge is 0.481 e. The van der Waals surface area contributed by atoms with E-state index in [2.05, 4.69) is 0 Å². The van der Waals surface area contributed by atoms with E-state index in [1.807, 2.05) is 12.1 Å². The van der Waals surface area contributed by atoms with Gasteiger partial charge in [0, 0.05) is 10.4 Å². The van der Waals surface area contributed by atoms with E-state index in [1.54, 1.807) is 6.07 Å². The van der Waals surface area contributed by atoms with Gasteiger partial charge >= 0.3 is 13.1 Å². The van der Waals surface area contributed by atoms with Gasteiger partial charge in [0.05, 0.1) is 12.4 Å². The van der Waals surface area contributed by atoms with Gasteiger partial charge in [-0.25, -0.2) is 0 Å². The lowest BCUT2D eigenvalue weighted by atomic mass is 9.79. The van der Waals surface area contributed by atoms with E-state index in [4.69, 9.17) is 9.76 Å². The number of carbonyl (C=O) groups is 1. The van der Waals surface area contributed by atoms with Crippen molar-refractivity contribution in [3.05, 3.63) is 23.8 Å². The number of thioether (sulfide) groups is 1. The van der Waals surface area contributed by atoms with Gasteiger partial charge in [-0.05, 0) is 11.6 Å². The fourth-order valence-electron chi connectivity index (χ4n) is 1.51. The molecule has 2 rings (SSSR count). The van der Waals surface area contributed by atoms with Crippen LogP contribution in [0.5, 0.6) is 0 Å². The fraction of sp³-hybridized carbons (Fsp3) is 0.222. The summed E-state index contributed by atoms with van der Waals surface area (Å²) in [4.78, 5) is 11.2. The Labute approximate surface area is 91.4 Å². The fourth-order valence-corrected chi connectivity index (χ4v) is 2.35. The summed E-state index contributed by atoms with van der Waals surface area (Å²) in [6, 6.07) is 5.51. The van der Waals surface area contributed by atoms with Crippen LogP contribution < -0.4 is 5.46 Å². The van der Waals surface area contributed by atoms with Gasteiger partial charge in [0.15, 0.2) is 0 Å². The molecule has 1 aromatic rings. The first-order valence-electron chi connectivity index (χ1n) is 4.44. The number of benzene rings is 1. The van der Waals surface area contributed by atoms with Crippen LogP contribution in [-0.2, 0) is 16.1 Å². The van der Waals surface area contributed by atoms with Gasteiger partial charge in [-0.2, -0.15) is 0 Å². The van der Waals surface area contributed by atoms with Crippen molar-refractivity contribution in [2.75, 3.05) is 5.75 Å². The maximum absolute atomic E-state index is 10.4. The van der Waals surface area contributed by atoms with Crippen molar-refractivity contribution in [1.82, 2.24) is 0 Å². The Morgan fingerprint density at radius 1 is 1.60 bits per heavy atom. The minimum atomic E-state index is -0.919. The normalized spacial score (nSPS) is 14.1. The van der Waals surface area contributed by atoms with Crippen LogP contribution in [0.15, 0.2) is 23.1 Å². The van der Waals surface area contributed by atoms with Gasteiger partial charge < -0.3 is 14.8 Å². The van der Waals surface area contributed by atoms with Crippen LogP contribution in [0.25, 0.3) is 0 Å². The summed E-state index contributed by atoms with van der Waals surface area (Å²) in [5, 5.41) is 18.1. The van der Waals surface area contributed by atoms with E-state index in [-0.39, 0.29) is 5.75 Å². The molecular weight excluding hydrogens is 215 g/mol. The van der Waals surface area contributed by atoms with E-state index in [1.165, 1.54) is 11.8 Å². The van der Waals surface area contributed by atoms with Gasteiger partial charge in [0.2, 0.25) is 0 Å². The summed E-state index contributed by atoms with van der Waals surface area (Å²) in [7, 11) is -0.919. The lowest BCUT2D eigenvalue weighted by molar-refractivity contribution is -0.133. The second-order valence-electron chi connectivity index (χ2n) is 3.17. The molecule has 0 fully saturated rings. The summed E-state index contributed by atoms with van der Waals surface area (Å²) in [5.74, 6) is -0.880. The lowest BCUT2D eigenvalue weighted by Gasteiger charge is -2.05. The van der Waals surface area contributed by atoms with Crippen molar-refractivity contribution in [3.8, 4) is 0 Å². The van der Waals surface area contributed by atoms with Crippen LogP contribution in [0.4, 0.5) is 0 Å². The van der Waals surface area contributed by atoms with Gasteiger partial charge in [0.1, 0.15) is 0 Å². The maximum Gasteiger partial charge on any atom is 0.492 e. The van der Waals surface area contributed by atoms with E-state index < -0.39 is 13.1 Å². The van der Waals surface area contributed by atoms with E-state index >= 15 is 0 Å². The summed E-state index contributed by atoms with van der Waals surface area (Å²) in [6.07, 6.45) is 0. The van der Waals surface area contributed by atoms with Crippen LogP contribution in [0.3, 0.4) is 0 Å². The molecule has 0 spiro atoms. The van der Waals surface area contributed by atoms with Crippen molar-refractivity contribution in [2.24, 2.45) is 0 Å². The summed E-state index contributed by atoms with van der Waals surface area (Å²) in [6.45, 7) is 0.387.